The van der Waals surface area contributed by atoms with Crippen LogP contribution in [0.25, 0.3) is 0 Å². The fourth-order valence-electron chi connectivity index (χ4n) is 3.46. The first-order chi connectivity index (χ1) is 14.5. The van der Waals surface area contributed by atoms with E-state index in [1.165, 1.54) is 0 Å². The summed E-state index contributed by atoms with van der Waals surface area (Å²) in [5.74, 6) is 1.18. The van der Waals surface area contributed by atoms with Gasteiger partial charge < -0.3 is 15.0 Å². The van der Waals surface area contributed by atoms with E-state index in [2.05, 4.69) is 27.4 Å². The smallest absolute Gasteiger partial charge is 0.260 e. The molecule has 1 aliphatic rings. The Morgan fingerprint density at radius 1 is 1.33 bits per heavy atom. The minimum atomic E-state index is -0.0416. The largest absolute Gasteiger partial charge is 0.395 e. The lowest BCUT2D eigenvalue weighted by molar-refractivity contribution is 0.0996. The number of pyridine rings is 1. The molecule has 0 saturated carbocycles. The number of rotatable bonds is 7. The number of aliphatic hydroxyl groups excluding tert-OH is 1. The third-order valence-electron chi connectivity index (χ3n) is 5.15. The second-order valence-electron chi connectivity index (χ2n) is 7.27. The number of aliphatic hydroxyl groups is 1. The molecule has 4 rings (SSSR count). The number of thioether (sulfide) groups is 1. The number of hydrogen-bond donors (Lipinski definition) is 2. The summed E-state index contributed by atoms with van der Waals surface area (Å²) in [7, 11) is 1.91. The number of carbonyl (C=O) groups is 1. The maximum atomic E-state index is 13.1. The van der Waals surface area contributed by atoms with Crippen molar-refractivity contribution in [3.63, 3.8) is 0 Å². The van der Waals surface area contributed by atoms with Gasteiger partial charge in [-0.1, -0.05) is 23.9 Å². The number of hydrogen-bond acceptors (Lipinski definition) is 7. The number of benzene rings is 1. The van der Waals surface area contributed by atoms with Crippen LogP contribution in [0.4, 0.5) is 11.6 Å². The fraction of sp³-hybridized carbons (Fsp3) is 0.333. The zero-order valence-electron chi connectivity index (χ0n) is 17.2. The number of nitrogens with one attached hydrogen (secondary N) is 1. The summed E-state index contributed by atoms with van der Waals surface area (Å²) in [6.07, 6.45) is 1.67. The van der Waals surface area contributed by atoms with Crippen molar-refractivity contribution >= 4 is 29.3 Å². The van der Waals surface area contributed by atoms with Gasteiger partial charge in [0.15, 0.2) is 5.16 Å². The number of amides is 1. The first-order valence-electron chi connectivity index (χ1n) is 9.75. The zero-order valence-corrected chi connectivity index (χ0v) is 18.0. The topological polar surface area (TPSA) is 96.2 Å². The molecule has 2 aromatic heterocycles. The molecule has 1 aliphatic heterocycles. The van der Waals surface area contributed by atoms with Gasteiger partial charge in [0.25, 0.3) is 5.91 Å². The van der Waals surface area contributed by atoms with Crippen molar-refractivity contribution in [2.75, 3.05) is 23.4 Å². The normalized spacial score (nSPS) is 14.1. The molecule has 0 saturated heterocycles. The Kier molecular flexibility index (Phi) is 5.74. The molecule has 156 valence electrons. The van der Waals surface area contributed by atoms with Crippen LogP contribution in [-0.2, 0) is 13.6 Å². The fourth-order valence-corrected chi connectivity index (χ4v) is 4.36. The van der Waals surface area contributed by atoms with Crippen LogP contribution in [0.5, 0.6) is 0 Å². The lowest BCUT2D eigenvalue weighted by atomic mass is 10.1. The summed E-state index contributed by atoms with van der Waals surface area (Å²) >= 11 is 1.59. The summed E-state index contributed by atoms with van der Waals surface area (Å²) in [5.41, 5.74) is 3.88. The summed E-state index contributed by atoms with van der Waals surface area (Å²) < 4.78 is 1.87. The molecule has 1 atom stereocenters. The van der Waals surface area contributed by atoms with Crippen LogP contribution in [0.2, 0.25) is 0 Å². The van der Waals surface area contributed by atoms with Crippen LogP contribution in [0.15, 0.2) is 41.8 Å². The molecular weight excluding hydrogens is 400 g/mol. The van der Waals surface area contributed by atoms with Crippen molar-refractivity contribution in [3.8, 4) is 0 Å². The van der Waals surface area contributed by atoms with E-state index in [-0.39, 0.29) is 17.8 Å². The Balaban J connectivity index is 1.68. The van der Waals surface area contributed by atoms with E-state index < -0.39 is 0 Å². The first-order valence-corrected chi connectivity index (χ1v) is 10.6. The molecule has 3 aromatic rings. The Hall–Kier alpha value is -2.91. The van der Waals surface area contributed by atoms with Crippen LogP contribution in [0.1, 0.15) is 39.2 Å². The number of aromatic nitrogens is 4. The van der Waals surface area contributed by atoms with Gasteiger partial charge in [0.2, 0.25) is 0 Å². The Bertz CT molecular complexity index is 1080. The van der Waals surface area contributed by atoms with Gasteiger partial charge in [-0.15, -0.1) is 10.2 Å². The molecule has 0 fully saturated rings. The summed E-state index contributed by atoms with van der Waals surface area (Å²) in [4.78, 5) is 19.4. The van der Waals surface area contributed by atoms with Gasteiger partial charge in [-0.25, -0.2) is 4.98 Å². The summed E-state index contributed by atoms with van der Waals surface area (Å²) in [6.45, 7) is 4.99. The van der Waals surface area contributed by atoms with Gasteiger partial charge in [0, 0.05) is 24.4 Å². The highest BCUT2D eigenvalue weighted by molar-refractivity contribution is 7.99. The van der Waals surface area contributed by atoms with Crippen LogP contribution in [0.3, 0.4) is 0 Å². The highest BCUT2D eigenvalue weighted by Gasteiger charge is 2.31. The third-order valence-corrected chi connectivity index (χ3v) is 6.36. The molecule has 0 spiro atoms. The van der Waals surface area contributed by atoms with Crippen molar-refractivity contribution in [2.45, 2.75) is 30.8 Å². The number of anilines is 2. The molecule has 3 heterocycles. The van der Waals surface area contributed by atoms with E-state index in [9.17, 15) is 9.90 Å². The molecule has 0 aliphatic carbocycles. The van der Waals surface area contributed by atoms with E-state index in [0.717, 1.165) is 27.4 Å². The monoisotopic (exact) mass is 424 g/mol. The maximum Gasteiger partial charge on any atom is 0.260 e. The van der Waals surface area contributed by atoms with Gasteiger partial charge in [0.1, 0.15) is 18.0 Å². The van der Waals surface area contributed by atoms with Crippen molar-refractivity contribution in [2.24, 2.45) is 7.05 Å². The van der Waals surface area contributed by atoms with Crippen LogP contribution in [-0.4, -0.2) is 43.9 Å². The lowest BCUT2D eigenvalue weighted by Crippen LogP contribution is -2.24. The van der Waals surface area contributed by atoms with Gasteiger partial charge in [0.05, 0.1) is 13.2 Å². The molecule has 0 radical (unpaired) electrons. The second-order valence-corrected chi connectivity index (χ2v) is 8.58. The van der Waals surface area contributed by atoms with E-state index in [1.54, 1.807) is 23.0 Å². The van der Waals surface area contributed by atoms with E-state index >= 15 is 0 Å². The van der Waals surface area contributed by atoms with Gasteiger partial charge in [-0.2, -0.15) is 0 Å². The Labute approximate surface area is 179 Å². The minimum Gasteiger partial charge on any atom is -0.395 e. The molecule has 8 nitrogen and oxygen atoms in total. The van der Waals surface area contributed by atoms with Gasteiger partial charge in [-0.05, 0) is 48.7 Å². The molecule has 1 aromatic carbocycles. The second kappa shape index (κ2) is 8.45. The van der Waals surface area contributed by atoms with Crippen LogP contribution >= 0.6 is 11.8 Å². The predicted octanol–water partition coefficient (Wildman–Crippen LogP) is 2.94. The molecule has 0 bridgehead atoms. The Morgan fingerprint density at radius 3 is 2.87 bits per heavy atom. The molecule has 1 amide bonds. The van der Waals surface area contributed by atoms with Crippen molar-refractivity contribution < 1.29 is 9.90 Å². The van der Waals surface area contributed by atoms with Gasteiger partial charge >= 0.3 is 0 Å². The van der Waals surface area contributed by atoms with Crippen molar-refractivity contribution in [1.29, 1.82) is 0 Å². The number of aryl methyl sites for hydroxylation is 2. The highest BCUT2D eigenvalue weighted by atomic mass is 32.2. The molecule has 30 heavy (non-hydrogen) atoms. The molecular formula is C21H24N6O2S. The average molecular weight is 425 g/mol. The summed E-state index contributed by atoms with van der Waals surface area (Å²) in [6, 6.07) is 9.70. The van der Waals surface area contributed by atoms with E-state index in [4.69, 9.17) is 0 Å². The maximum absolute atomic E-state index is 13.1. The van der Waals surface area contributed by atoms with Crippen LogP contribution in [0, 0.1) is 6.92 Å². The lowest BCUT2D eigenvalue weighted by Gasteiger charge is -2.20. The van der Waals surface area contributed by atoms with Crippen LogP contribution < -0.4 is 10.2 Å². The van der Waals surface area contributed by atoms with Crippen molar-refractivity contribution in [3.05, 3.63) is 58.9 Å². The quantitative estimate of drug-likeness (QED) is 0.563. The minimum absolute atomic E-state index is 0.00222. The predicted molar refractivity (Wildman–Crippen MR) is 117 cm³/mol. The SMILES string of the molecule is Cc1cccc2c1CN(c1cc(C(C)Sc3nncn3C)cc(NCCO)n1)C2=O. The summed E-state index contributed by atoms with van der Waals surface area (Å²) in [5, 5.41) is 21.3. The first kappa shape index (κ1) is 20.4. The van der Waals surface area contributed by atoms with Gasteiger partial charge in [-0.3, -0.25) is 9.69 Å². The number of fused-ring (bicyclic) bond motifs is 1. The van der Waals surface area contributed by atoms with E-state index in [0.29, 0.717) is 24.7 Å². The molecule has 1 unspecified atom stereocenters. The highest BCUT2D eigenvalue weighted by Crippen LogP contribution is 2.37. The third kappa shape index (κ3) is 3.90. The number of nitrogens with zero attached hydrogens (tertiary/aromatic N) is 5. The van der Waals surface area contributed by atoms with Crippen molar-refractivity contribution in [1.82, 2.24) is 19.7 Å². The van der Waals surface area contributed by atoms with E-state index in [1.807, 2.05) is 48.9 Å². The molecule has 2 N–H and O–H groups in total. The Morgan fingerprint density at radius 2 is 2.17 bits per heavy atom. The number of carbonyl (C=O) groups excluding carboxylic acids is 1. The zero-order chi connectivity index (χ0) is 21.3. The average Bonchev–Trinajstić information content (AvgIpc) is 3.30. The standard InChI is InChI=1S/C21H24N6O2S/c1-13-5-4-6-16-17(13)11-27(20(16)29)19-10-15(9-18(24-19)22-7-8-28)14(2)30-21-25-23-12-26(21)3/h4-6,9-10,12,14,28H,7-8,11H2,1-3H3,(H,22,24). The molecule has 9 heteroatoms.